The lowest BCUT2D eigenvalue weighted by molar-refractivity contribution is -0.273. The van der Waals surface area contributed by atoms with E-state index >= 15 is 0 Å². The largest absolute Gasteiger partial charge is 0.422 e. The molecule has 1 atom stereocenters. The number of ether oxygens (including phenoxy) is 1. The Morgan fingerprint density at radius 1 is 1.25 bits per heavy atom. The molecule has 0 bridgehead atoms. The van der Waals surface area contributed by atoms with Crippen molar-refractivity contribution < 1.29 is 22.7 Å². The van der Waals surface area contributed by atoms with Crippen LogP contribution in [0.2, 0.25) is 0 Å². The van der Waals surface area contributed by atoms with Crippen molar-refractivity contribution in [1.29, 1.82) is 0 Å². The Labute approximate surface area is 91.0 Å². The van der Waals surface area contributed by atoms with E-state index in [0.29, 0.717) is 0 Å². The van der Waals surface area contributed by atoms with Crippen molar-refractivity contribution in [2.75, 3.05) is 7.11 Å². The van der Waals surface area contributed by atoms with Gasteiger partial charge in [0.15, 0.2) is 5.60 Å². The molecule has 5 heteroatoms. The zero-order valence-electron chi connectivity index (χ0n) is 8.54. The smallest absolute Gasteiger partial charge is 0.364 e. The maximum atomic E-state index is 12.9. The van der Waals surface area contributed by atoms with E-state index < -0.39 is 18.2 Å². The van der Waals surface area contributed by atoms with Crippen molar-refractivity contribution in [2.24, 2.45) is 0 Å². The van der Waals surface area contributed by atoms with Gasteiger partial charge >= 0.3 is 6.18 Å². The predicted molar refractivity (Wildman–Crippen MR) is 51.5 cm³/mol. The number of benzene rings is 1. The molecule has 0 aliphatic heterocycles. The summed E-state index contributed by atoms with van der Waals surface area (Å²) in [7, 11) is 0.928. The van der Waals surface area contributed by atoms with Crippen LogP contribution in [-0.4, -0.2) is 19.6 Å². The van der Waals surface area contributed by atoms with E-state index in [4.69, 9.17) is 0 Å². The minimum absolute atomic E-state index is 0.103. The summed E-state index contributed by atoms with van der Waals surface area (Å²) < 4.78 is 43.4. The summed E-state index contributed by atoms with van der Waals surface area (Å²) in [5.41, 5.74) is -2.70. The molecular weight excluding hydrogens is 221 g/mol. The quantitative estimate of drug-likeness (QED) is 0.796. The predicted octanol–water partition coefficient (Wildman–Crippen LogP) is 2.59. The first-order chi connectivity index (χ1) is 7.48. The Bertz CT molecular complexity index is 348. The monoisotopic (exact) mass is 231 g/mol. The van der Waals surface area contributed by atoms with Crippen LogP contribution < -0.4 is 0 Å². The molecule has 0 aliphatic carbocycles. The van der Waals surface area contributed by atoms with E-state index in [9.17, 15) is 18.0 Å². The minimum atomic E-state index is -4.67. The first-order valence-corrected chi connectivity index (χ1v) is 4.50. The molecule has 1 aromatic rings. The lowest BCUT2D eigenvalue weighted by atomic mass is 9.90. The zero-order valence-corrected chi connectivity index (χ0v) is 8.54. The fraction of sp³-hybridized carbons (Fsp3) is 0.364. The maximum Gasteiger partial charge on any atom is 0.422 e. The second-order valence-corrected chi connectivity index (χ2v) is 3.22. The molecule has 2 nitrogen and oxygen atoms in total. The Morgan fingerprint density at radius 2 is 1.81 bits per heavy atom. The van der Waals surface area contributed by atoms with Gasteiger partial charge in [0.1, 0.15) is 0 Å². The summed E-state index contributed by atoms with van der Waals surface area (Å²) in [5.74, 6) is 0. The molecule has 0 heterocycles. The molecular formula is C11H10F3O2. The molecule has 0 unspecified atom stereocenters. The van der Waals surface area contributed by atoms with Crippen LogP contribution in [-0.2, 0) is 15.1 Å². The topological polar surface area (TPSA) is 26.3 Å². The molecule has 1 radical (unpaired) electrons. The number of methoxy groups -OCH3 is 1. The average Bonchev–Trinajstić information content (AvgIpc) is 2.25. The molecule has 87 valence electrons. The Morgan fingerprint density at radius 3 is 2.19 bits per heavy atom. The molecule has 1 aromatic carbocycles. The van der Waals surface area contributed by atoms with Crippen LogP contribution in [0.1, 0.15) is 12.0 Å². The number of rotatable bonds is 4. The molecule has 1 rings (SSSR count). The summed E-state index contributed by atoms with van der Waals surface area (Å²) in [5, 5.41) is 0. The molecule has 0 spiro atoms. The number of hydrogen-bond donors (Lipinski definition) is 0. The zero-order chi connectivity index (χ0) is 12.2. The first kappa shape index (κ1) is 12.7. The Hall–Kier alpha value is -1.36. The van der Waals surface area contributed by atoms with Crippen LogP contribution in [0.4, 0.5) is 13.2 Å². The first-order valence-electron chi connectivity index (χ1n) is 4.50. The maximum absolute atomic E-state index is 12.9. The molecule has 0 saturated carbocycles. The molecule has 0 fully saturated rings. The third-order valence-corrected chi connectivity index (χ3v) is 2.37. The van der Waals surface area contributed by atoms with Gasteiger partial charge in [-0.1, -0.05) is 30.3 Å². The molecule has 16 heavy (non-hydrogen) atoms. The molecule has 0 saturated heterocycles. The highest BCUT2D eigenvalue weighted by Crippen LogP contribution is 2.43. The fourth-order valence-electron chi connectivity index (χ4n) is 1.48. The normalized spacial score (nSPS) is 15.5. The third kappa shape index (κ3) is 2.09. The van der Waals surface area contributed by atoms with Crippen molar-refractivity contribution in [2.45, 2.75) is 18.2 Å². The lowest BCUT2D eigenvalue weighted by Crippen LogP contribution is -2.44. The standard InChI is InChI=1S/C11H10F3O2/c1-16-10(7-8-15,11(12,13)14)9-5-3-2-4-6-9/h2-6H,7H2,1H3/t10-/m0/s1. The Balaban J connectivity index is 3.28. The van der Waals surface area contributed by atoms with Crippen LogP contribution in [0.5, 0.6) is 0 Å². The van der Waals surface area contributed by atoms with Crippen LogP contribution in [0.3, 0.4) is 0 Å². The van der Waals surface area contributed by atoms with Crippen LogP contribution >= 0.6 is 0 Å². The highest BCUT2D eigenvalue weighted by molar-refractivity contribution is 5.54. The van der Waals surface area contributed by atoms with E-state index in [-0.39, 0.29) is 5.56 Å². The van der Waals surface area contributed by atoms with Crippen molar-refractivity contribution in [3.05, 3.63) is 35.9 Å². The number of carbonyl (C=O) groups excluding carboxylic acids is 1. The number of halogens is 3. The van der Waals surface area contributed by atoms with Gasteiger partial charge in [-0.25, -0.2) is 0 Å². The summed E-state index contributed by atoms with van der Waals surface area (Å²) in [6.45, 7) is 0. The van der Waals surface area contributed by atoms with Crippen LogP contribution in [0.15, 0.2) is 30.3 Å². The van der Waals surface area contributed by atoms with E-state index in [1.165, 1.54) is 30.6 Å². The molecule has 0 amide bonds. The molecule has 0 N–H and O–H groups in total. The van der Waals surface area contributed by atoms with Crippen molar-refractivity contribution in [3.8, 4) is 0 Å². The minimum Gasteiger partial charge on any atom is -0.364 e. The van der Waals surface area contributed by atoms with E-state index in [2.05, 4.69) is 4.74 Å². The number of alkyl halides is 3. The summed E-state index contributed by atoms with van der Waals surface area (Å²) in [6, 6.07) is 7.05. The SMILES string of the molecule is CO[C@@](C[C]=O)(c1ccccc1)C(F)(F)F. The van der Waals surface area contributed by atoms with E-state index in [0.717, 1.165) is 7.11 Å². The summed E-state index contributed by atoms with van der Waals surface area (Å²) >= 11 is 0. The van der Waals surface area contributed by atoms with E-state index in [1.54, 1.807) is 6.07 Å². The van der Waals surface area contributed by atoms with Gasteiger partial charge in [-0.05, 0) is 5.56 Å². The van der Waals surface area contributed by atoms with Gasteiger partial charge < -0.3 is 4.74 Å². The van der Waals surface area contributed by atoms with Crippen molar-refractivity contribution in [3.63, 3.8) is 0 Å². The van der Waals surface area contributed by atoms with E-state index in [1.807, 2.05) is 0 Å². The van der Waals surface area contributed by atoms with Gasteiger partial charge in [0.2, 0.25) is 6.29 Å². The Kier molecular flexibility index (Phi) is 3.70. The lowest BCUT2D eigenvalue weighted by Gasteiger charge is -2.33. The van der Waals surface area contributed by atoms with Gasteiger partial charge in [-0.2, -0.15) is 13.2 Å². The van der Waals surface area contributed by atoms with Gasteiger partial charge in [0, 0.05) is 7.11 Å². The summed E-state index contributed by atoms with van der Waals surface area (Å²) in [4.78, 5) is 10.3. The molecule has 0 aliphatic rings. The molecule has 0 aromatic heterocycles. The van der Waals surface area contributed by atoms with Gasteiger partial charge in [-0.3, -0.25) is 4.79 Å². The summed E-state index contributed by atoms with van der Waals surface area (Å²) in [6.07, 6.45) is -4.27. The second kappa shape index (κ2) is 4.65. The average molecular weight is 231 g/mol. The van der Waals surface area contributed by atoms with Crippen LogP contribution in [0, 0.1) is 0 Å². The highest BCUT2D eigenvalue weighted by atomic mass is 19.4. The second-order valence-electron chi connectivity index (χ2n) is 3.22. The third-order valence-electron chi connectivity index (χ3n) is 2.37. The van der Waals surface area contributed by atoms with Gasteiger partial charge in [0.05, 0.1) is 6.42 Å². The number of hydrogen-bond acceptors (Lipinski definition) is 2. The van der Waals surface area contributed by atoms with Gasteiger partial charge in [-0.15, -0.1) is 0 Å². The fourth-order valence-corrected chi connectivity index (χ4v) is 1.48. The van der Waals surface area contributed by atoms with Crippen LogP contribution in [0.25, 0.3) is 0 Å². The van der Waals surface area contributed by atoms with Crippen molar-refractivity contribution in [1.82, 2.24) is 0 Å². The van der Waals surface area contributed by atoms with Gasteiger partial charge in [0.25, 0.3) is 0 Å². The highest BCUT2D eigenvalue weighted by Gasteiger charge is 2.56. The van der Waals surface area contributed by atoms with Crippen molar-refractivity contribution >= 4 is 6.29 Å².